The van der Waals surface area contributed by atoms with E-state index in [-0.39, 0.29) is 5.16 Å². The van der Waals surface area contributed by atoms with Crippen LogP contribution in [-0.2, 0) is 6.54 Å². The molecule has 1 heterocycles. The fraction of sp³-hybridized carbons (Fsp3) is 0.667. The van der Waals surface area contributed by atoms with Crippen molar-refractivity contribution < 1.29 is 13.2 Å². The van der Waals surface area contributed by atoms with Gasteiger partial charge < -0.3 is 0 Å². The largest absolute Gasteiger partial charge is 0.405 e. The zero-order valence-corrected chi connectivity index (χ0v) is 10.3. The number of alkyl halides is 3. The van der Waals surface area contributed by atoms with Gasteiger partial charge in [-0.05, 0) is 6.42 Å². The summed E-state index contributed by atoms with van der Waals surface area (Å²) in [5.41, 5.74) is -0.458. The first kappa shape index (κ1) is 14.6. The Morgan fingerprint density at radius 3 is 2.78 bits per heavy atom. The second-order valence-electron chi connectivity index (χ2n) is 3.50. The number of hydrogen-bond donors (Lipinski definition) is 1. The van der Waals surface area contributed by atoms with Gasteiger partial charge in [0.1, 0.15) is 0 Å². The maximum atomic E-state index is 12.3. The van der Waals surface area contributed by atoms with Crippen LogP contribution in [0.25, 0.3) is 0 Å². The van der Waals surface area contributed by atoms with E-state index in [4.69, 9.17) is 5.26 Å². The molecule has 0 aliphatic carbocycles. The number of hydrogen-bond acceptors (Lipinski definition) is 4. The number of thioether (sulfide) groups is 1. The lowest BCUT2D eigenvalue weighted by molar-refractivity contribution is -0.152. The van der Waals surface area contributed by atoms with Crippen LogP contribution in [0, 0.1) is 17.2 Å². The molecule has 1 N–H and O–H groups in total. The van der Waals surface area contributed by atoms with Crippen LogP contribution >= 0.6 is 11.8 Å². The summed E-state index contributed by atoms with van der Waals surface area (Å²) in [6, 6.07) is 1.20. The topological polar surface area (TPSA) is 74.5 Å². The van der Waals surface area contributed by atoms with Gasteiger partial charge in [-0.15, -0.1) is 5.10 Å². The molecule has 0 aliphatic rings. The molecule has 0 fully saturated rings. The van der Waals surface area contributed by atoms with E-state index in [1.807, 2.05) is 6.92 Å². The van der Waals surface area contributed by atoms with E-state index in [0.717, 1.165) is 11.8 Å². The third-order valence-electron chi connectivity index (χ3n) is 2.10. The molecule has 100 valence electrons. The minimum absolute atomic E-state index is 0.173. The van der Waals surface area contributed by atoms with Crippen molar-refractivity contribution in [3.63, 3.8) is 0 Å². The van der Waals surface area contributed by atoms with Crippen LogP contribution in [0.2, 0.25) is 0 Å². The van der Waals surface area contributed by atoms with Crippen molar-refractivity contribution in [1.82, 2.24) is 14.8 Å². The maximum Gasteiger partial charge on any atom is 0.405 e. The highest BCUT2D eigenvalue weighted by Gasteiger charge is 2.40. The van der Waals surface area contributed by atoms with Crippen molar-refractivity contribution in [3.05, 3.63) is 10.5 Å². The summed E-state index contributed by atoms with van der Waals surface area (Å²) in [7, 11) is 0. The van der Waals surface area contributed by atoms with Gasteiger partial charge in [-0.2, -0.15) is 18.4 Å². The summed E-state index contributed by atoms with van der Waals surface area (Å²) in [5.74, 6) is -2.54. The highest BCUT2D eigenvalue weighted by atomic mass is 32.2. The second-order valence-corrected chi connectivity index (χ2v) is 4.48. The molecule has 1 aromatic rings. The molecule has 0 amide bonds. The lowest BCUT2D eigenvalue weighted by atomic mass is 10.2. The molecule has 0 aliphatic heterocycles. The van der Waals surface area contributed by atoms with Crippen molar-refractivity contribution in [2.75, 3.05) is 5.75 Å². The molecular formula is C9H11F3N4OS. The number of halogens is 3. The highest BCUT2D eigenvalue weighted by Crippen LogP contribution is 2.30. The zero-order chi connectivity index (χ0) is 13.8. The number of rotatable bonds is 5. The maximum absolute atomic E-state index is 12.3. The standard InChI is InChI=1S/C9H11F3N4OS/c1-2-3-16-7(17)14-15-8(16)18-5-6(4-13)9(10,11)12/h6H,2-3,5H2,1H3,(H,14,17). The number of nitrogens with one attached hydrogen (secondary N) is 1. The fourth-order valence-electron chi connectivity index (χ4n) is 1.20. The van der Waals surface area contributed by atoms with Crippen molar-refractivity contribution in [2.45, 2.75) is 31.2 Å². The molecule has 0 radical (unpaired) electrons. The van der Waals surface area contributed by atoms with Crippen molar-refractivity contribution in [1.29, 1.82) is 5.26 Å². The zero-order valence-electron chi connectivity index (χ0n) is 9.49. The van der Waals surface area contributed by atoms with Gasteiger partial charge >= 0.3 is 11.9 Å². The number of nitrogens with zero attached hydrogens (tertiary/aromatic N) is 3. The van der Waals surface area contributed by atoms with Crippen LogP contribution in [0.5, 0.6) is 0 Å². The fourth-order valence-corrected chi connectivity index (χ4v) is 2.22. The van der Waals surface area contributed by atoms with E-state index in [1.165, 1.54) is 10.6 Å². The summed E-state index contributed by atoms with van der Waals surface area (Å²) in [5, 5.41) is 14.4. The molecule has 1 unspecified atom stereocenters. The molecule has 1 atom stereocenters. The number of H-pyrrole nitrogens is 1. The first-order chi connectivity index (χ1) is 8.40. The van der Waals surface area contributed by atoms with Crippen molar-refractivity contribution >= 4 is 11.8 Å². The van der Waals surface area contributed by atoms with Gasteiger partial charge in [0, 0.05) is 12.3 Å². The molecule has 0 spiro atoms. The van der Waals surface area contributed by atoms with Gasteiger partial charge in [-0.25, -0.2) is 9.89 Å². The van der Waals surface area contributed by atoms with E-state index >= 15 is 0 Å². The molecule has 5 nitrogen and oxygen atoms in total. The van der Waals surface area contributed by atoms with E-state index in [0.29, 0.717) is 13.0 Å². The predicted octanol–water partition coefficient (Wildman–Crippen LogP) is 1.78. The van der Waals surface area contributed by atoms with Gasteiger partial charge in [0.15, 0.2) is 11.1 Å². The van der Waals surface area contributed by atoms with Crippen LogP contribution in [0.4, 0.5) is 13.2 Å². The van der Waals surface area contributed by atoms with Crippen LogP contribution < -0.4 is 5.69 Å². The third kappa shape index (κ3) is 3.53. The van der Waals surface area contributed by atoms with Gasteiger partial charge in [0.2, 0.25) is 0 Å². The Bertz CT molecular complexity index is 487. The van der Waals surface area contributed by atoms with Gasteiger partial charge in [-0.1, -0.05) is 18.7 Å². The lowest BCUT2D eigenvalue weighted by Crippen LogP contribution is -2.24. The summed E-state index contributed by atoms with van der Waals surface area (Å²) in [6.45, 7) is 2.21. The number of aromatic amines is 1. The molecular weight excluding hydrogens is 269 g/mol. The molecule has 1 rings (SSSR count). The highest BCUT2D eigenvalue weighted by molar-refractivity contribution is 7.99. The molecule has 1 aromatic heterocycles. The van der Waals surface area contributed by atoms with Crippen LogP contribution in [0.15, 0.2) is 9.95 Å². The first-order valence-electron chi connectivity index (χ1n) is 5.14. The van der Waals surface area contributed by atoms with Crippen molar-refractivity contribution in [2.24, 2.45) is 5.92 Å². The van der Waals surface area contributed by atoms with E-state index in [9.17, 15) is 18.0 Å². The smallest absolute Gasteiger partial charge is 0.270 e. The molecule has 9 heteroatoms. The molecule has 0 saturated carbocycles. The van der Waals surface area contributed by atoms with Crippen LogP contribution in [0.3, 0.4) is 0 Å². The monoisotopic (exact) mass is 280 g/mol. The van der Waals surface area contributed by atoms with Crippen LogP contribution in [-0.4, -0.2) is 26.7 Å². The minimum atomic E-state index is -4.56. The predicted molar refractivity (Wildman–Crippen MR) is 59.0 cm³/mol. The van der Waals surface area contributed by atoms with Crippen LogP contribution in [0.1, 0.15) is 13.3 Å². The Balaban J connectivity index is 2.75. The summed E-state index contributed by atoms with van der Waals surface area (Å²) >= 11 is 0.745. The molecule has 18 heavy (non-hydrogen) atoms. The van der Waals surface area contributed by atoms with E-state index < -0.39 is 23.5 Å². The summed E-state index contributed by atoms with van der Waals surface area (Å²) in [6.07, 6.45) is -3.90. The van der Waals surface area contributed by atoms with Gasteiger partial charge in [-0.3, -0.25) is 4.57 Å². The Hall–Kier alpha value is -1.43. The normalized spacial score (nSPS) is 13.3. The summed E-state index contributed by atoms with van der Waals surface area (Å²) < 4.78 is 38.3. The molecule has 0 bridgehead atoms. The molecule has 0 aromatic carbocycles. The van der Waals surface area contributed by atoms with E-state index in [2.05, 4.69) is 10.2 Å². The van der Waals surface area contributed by atoms with E-state index in [1.54, 1.807) is 0 Å². The average molecular weight is 280 g/mol. The Labute approximate surface area is 105 Å². The van der Waals surface area contributed by atoms with Gasteiger partial charge in [0.05, 0.1) is 6.07 Å². The number of aromatic nitrogens is 3. The Morgan fingerprint density at radius 1 is 1.61 bits per heavy atom. The quantitative estimate of drug-likeness (QED) is 0.834. The van der Waals surface area contributed by atoms with Crippen molar-refractivity contribution in [3.8, 4) is 6.07 Å². The third-order valence-corrected chi connectivity index (χ3v) is 3.17. The SMILES string of the molecule is CCCn1c(SCC(C#N)C(F)(F)F)n[nH]c1=O. The second kappa shape index (κ2) is 5.95. The minimum Gasteiger partial charge on any atom is -0.270 e. The average Bonchev–Trinajstić information content (AvgIpc) is 2.61. The molecule has 0 saturated heterocycles. The lowest BCUT2D eigenvalue weighted by Gasteiger charge is -2.12. The summed E-state index contributed by atoms with van der Waals surface area (Å²) in [4.78, 5) is 11.3. The number of nitriles is 1. The van der Waals surface area contributed by atoms with Gasteiger partial charge in [0.25, 0.3) is 0 Å². The first-order valence-corrected chi connectivity index (χ1v) is 6.13. The Morgan fingerprint density at radius 2 is 2.28 bits per heavy atom. The Kier molecular flexibility index (Phi) is 4.84.